The van der Waals surface area contributed by atoms with Crippen LogP contribution in [0.5, 0.6) is 5.88 Å². The van der Waals surface area contributed by atoms with E-state index in [0.717, 1.165) is 36.0 Å². The summed E-state index contributed by atoms with van der Waals surface area (Å²) >= 11 is 3.51. The van der Waals surface area contributed by atoms with Crippen LogP contribution in [0.3, 0.4) is 0 Å². The first kappa shape index (κ1) is 13.6. The molecule has 0 spiro atoms. The van der Waals surface area contributed by atoms with E-state index < -0.39 is 0 Å². The number of alkyl halides is 1. The summed E-state index contributed by atoms with van der Waals surface area (Å²) in [6, 6.07) is 1.89. The number of aromatic nitrogens is 2. The Morgan fingerprint density at radius 2 is 2.33 bits per heavy atom. The van der Waals surface area contributed by atoms with E-state index in [2.05, 4.69) is 30.8 Å². The highest BCUT2D eigenvalue weighted by Crippen LogP contribution is 2.25. The Labute approximate surface area is 117 Å². The van der Waals surface area contributed by atoms with E-state index in [-0.39, 0.29) is 0 Å². The fourth-order valence-electron chi connectivity index (χ4n) is 2.29. The van der Waals surface area contributed by atoms with Crippen molar-refractivity contribution in [1.82, 2.24) is 9.97 Å². The smallest absolute Gasteiger partial charge is 0.228 e. The highest BCUT2D eigenvalue weighted by Gasteiger charge is 2.24. The zero-order valence-corrected chi connectivity index (χ0v) is 12.6. The van der Waals surface area contributed by atoms with Gasteiger partial charge in [-0.2, -0.15) is 4.98 Å². The second kappa shape index (κ2) is 6.36. The Morgan fingerprint density at radius 1 is 1.50 bits per heavy atom. The van der Waals surface area contributed by atoms with Gasteiger partial charge >= 0.3 is 0 Å². The number of halogens is 1. The van der Waals surface area contributed by atoms with Gasteiger partial charge in [0, 0.05) is 30.2 Å². The van der Waals surface area contributed by atoms with Crippen molar-refractivity contribution in [2.75, 3.05) is 29.9 Å². The molecule has 1 fully saturated rings. The zero-order chi connectivity index (χ0) is 13.0. The van der Waals surface area contributed by atoms with Crippen LogP contribution in [-0.4, -0.2) is 35.0 Å². The van der Waals surface area contributed by atoms with Gasteiger partial charge in [-0.3, -0.25) is 0 Å². The van der Waals surface area contributed by atoms with Gasteiger partial charge in [-0.05, 0) is 32.6 Å². The molecule has 0 saturated carbocycles. The van der Waals surface area contributed by atoms with Crippen LogP contribution >= 0.6 is 15.9 Å². The van der Waals surface area contributed by atoms with Gasteiger partial charge in [0.2, 0.25) is 11.8 Å². The van der Waals surface area contributed by atoms with Crippen LogP contribution in [0.25, 0.3) is 0 Å². The molecular formula is C13H20BrN3O. The number of hydrogen-bond acceptors (Lipinski definition) is 4. The average Bonchev–Trinajstić information content (AvgIpc) is 2.78. The monoisotopic (exact) mass is 313 g/mol. The van der Waals surface area contributed by atoms with Crippen molar-refractivity contribution >= 4 is 21.9 Å². The number of nitrogens with zero attached hydrogens (tertiary/aromatic N) is 3. The predicted octanol–water partition coefficient (Wildman–Crippen LogP) is 2.80. The van der Waals surface area contributed by atoms with Crippen LogP contribution in [-0.2, 0) is 0 Å². The summed E-state index contributed by atoms with van der Waals surface area (Å²) in [5, 5.41) is 1.07. The summed E-state index contributed by atoms with van der Waals surface area (Å²) in [5.74, 6) is 2.25. The molecule has 0 radical (unpaired) electrons. The van der Waals surface area contributed by atoms with Crippen LogP contribution < -0.4 is 9.64 Å². The Balaban J connectivity index is 2.08. The molecule has 4 nitrogen and oxygen atoms in total. The van der Waals surface area contributed by atoms with Crippen LogP contribution in [0.2, 0.25) is 0 Å². The van der Waals surface area contributed by atoms with Gasteiger partial charge < -0.3 is 9.64 Å². The lowest BCUT2D eigenvalue weighted by Gasteiger charge is -2.17. The quantitative estimate of drug-likeness (QED) is 0.783. The van der Waals surface area contributed by atoms with Crippen LogP contribution in [0, 0.1) is 12.8 Å². The van der Waals surface area contributed by atoms with E-state index in [1.807, 2.05) is 19.9 Å². The number of ether oxygens (including phenoxy) is 1. The van der Waals surface area contributed by atoms with Gasteiger partial charge in [0.05, 0.1) is 6.61 Å². The minimum atomic E-state index is 0.641. The maximum atomic E-state index is 5.48. The largest absolute Gasteiger partial charge is 0.478 e. The highest BCUT2D eigenvalue weighted by atomic mass is 79.9. The summed E-state index contributed by atoms with van der Waals surface area (Å²) in [7, 11) is 0. The molecule has 0 aromatic carbocycles. The van der Waals surface area contributed by atoms with Gasteiger partial charge in [-0.25, -0.2) is 4.98 Å². The van der Waals surface area contributed by atoms with Crippen LogP contribution in [0.15, 0.2) is 6.07 Å². The molecule has 1 atom stereocenters. The number of hydrogen-bond donors (Lipinski definition) is 0. The Morgan fingerprint density at radius 3 is 3.06 bits per heavy atom. The number of rotatable bonds is 5. The first-order valence-corrected chi connectivity index (χ1v) is 7.64. The molecule has 2 heterocycles. The molecule has 1 saturated heterocycles. The van der Waals surface area contributed by atoms with E-state index in [1.54, 1.807) is 0 Å². The molecule has 1 aliphatic heterocycles. The number of anilines is 1. The van der Waals surface area contributed by atoms with Gasteiger partial charge in [0.15, 0.2) is 0 Å². The third-order valence-electron chi connectivity index (χ3n) is 3.20. The first-order chi connectivity index (χ1) is 8.72. The van der Waals surface area contributed by atoms with Gasteiger partial charge in [0.1, 0.15) is 0 Å². The topological polar surface area (TPSA) is 38.2 Å². The standard InChI is InChI=1S/C13H20BrN3O/c1-3-18-12-8-10(2)15-13(16-12)17-7-5-11(9-17)4-6-14/h8,11H,3-7,9H2,1-2H3. The Bertz CT molecular complexity index is 400. The molecule has 1 aliphatic rings. The third kappa shape index (κ3) is 3.34. The van der Waals surface area contributed by atoms with Crippen molar-refractivity contribution in [2.24, 2.45) is 5.92 Å². The lowest BCUT2D eigenvalue weighted by atomic mass is 10.1. The summed E-state index contributed by atoms with van der Waals surface area (Å²) < 4.78 is 5.48. The minimum Gasteiger partial charge on any atom is -0.478 e. The second-order valence-electron chi connectivity index (χ2n) is 4.66. The average molecular weight is 314 g/mol. The molecule has 0 bridgehead atoms. The zero-order valence-electron chi connectivity index (χ0n) is 11.0. The van der Waals surface area contributed by atoms with E-state index in [4.69, 9.17) is 4.74 Å². The van der Waals surface area contributed by atoms with Crippen LogP contribution in [0.4, 0.5) is 5.95 Å². The molecule has 1 unspecified atom stereocenters. The van der Waals surface area contributed by atoms with Crippen molar-refractivity contribution in [3.8, 4) is 5.88 Å². The lowest BCUT2D eigenvalue weighted by molar-refractivity contribution is 0.326. The lowest BCUT2D eigenvalue weighted by Crippen LogP contribution is -2.22. The Kier molecular flexibility index (Phi) is 4.80. The minimum absolute atomic E-state index is 0.641. The van der Waals surface area contributed by atoms with E-state index in [0.29, 0.717) is 12.5 Å². The highest BCUT2D eigenvalue weighted by molar-refractivity contribution is 9.09. The van der Waals surface area contributed by atoms with Crippen molar-refractivity contribution in [3.05, 3.63) is 11.8 Å². The van der Waals surface area contributed by atoms with Gasteiger partial charge in [-0.1, -0.05) is 15.9 Å². The van der Waals surface area contributed by atoms with E-state index >= 15 is 0 Å². The van der Waals surface area contributed by atoms with Crippen molar-refractivity contribution in [2.45, 2.75) is 26.7 Å². The van der Waals surface area contributed by atoms with E-state index in [9.17, 15) is 0 Å². The maximum Gasteiger partial charge on any atom is 0.228 e. The fourth-order valence-corrected chi connectivity index (χ4v) is 2.94. The normalized spacial score (nSPS) is 19.3. The third-order valence-corrected chi connectivity index (χ3v) is 3.66. The molecule has 18 heavy (non-hydrogen) atoms. The van der Waals surface area contributed by atoms with Crippen molar-refractivity contribution in [1.29, 1.82) is 0 Å². The predicted molar refractivity (Wildman–Crippen MR) is 76.7 cm³/mol. The summed E-state index contributed by atoms with van der Waals surface area (Å²) in [6.07, 6.45) is 2.45. The molecular weight excluding hydrogens is 294 g/mol. The molecule has 0 amide bonds. The summed E-state index contributed by atoms with van der Waals surface area (Å²) in [5.41, 5.74) is 0.965. The van der Waals surface area contributed by atoms with Crippen molar-refractivity contribution in [3.63, 3.8) is 0 Å². The fraction of sp³-hybridized carbons (Fsp3) is 0.692. The molecule has 0 aliphatic carbocycles. The second-order valence-corrected chi connectivity index (χ2v) is 5.45. The molecule has 0 N–H and O–H groups in total. The van der Waals surface area contributed by atoms with Crippen LogP contribution in [0.1, 0.15) is 25.5 Å². The summed E-state index contributed by atoms with van der Waals surface area (Å²) in [6.45, 7) is 6.70. The van der Waals surface area contributed by atoms with Gasteiger partial charge in [-0.15, -0.1) is 0 Å². The number of aryl methyl sites for hydroxylation is 1. The van der Waals surface area contributed by atoms with Crippen molar-refractivity contribution < 1.29 is 4.74 Å². The molecule has 100 valence electrons. The summed E-state index contributed by atoms with van der Waals surface area (Å²) in [4.78, 5) is 11.3. The molecule has 1 aromatic heterocycles. The van der Waals surface area contributed by atoms with Gasteiger partial charge in [0.25, 0.3) is 0 Å². The molecule has 1 aromatic rings. The first-order valence-electron chi connectivity index (χ1n) is 6.52. The maximum absolute atomic E-state index is 5.48. The molecule has 5 heteroatoms. The SMILES string of the molecule is CCOc1cc(C)nc(N2CCC(CCBr)C2)n1. The molecule has 2 rings (SSSR count). The Hall–Kier alpha value is -0.840. The van der Waals surface area contributed by atoms with E-state index in [1.165, 1.54) is 12.8 Å².